The molecule has 84 valence electrons. The summed E-state index contributed by atoms with van der Waals surface area (Å²) in [6, 6.07) is 6.92. The molecule has 1 heterocycles. The normalized spacial score (nSPS) is 15.8. The SMILES string of the molecule is NCc1ccc2c(CNC3CC3)coc2c1. The average Bonchev–Trinajstić information content (AvgIpc) is 3.06. The first kappa shape index (κ1) is 9.87. The minimum atomic E-state index is 0.562. The van der Waals surface area contributed by atoms with Gasteiger partial charge in [0.15, 0.2) is 0 Å². The smallest absolute Gasteiger partial charge is 0.134 e. The highest BCUT2D eigenvalue weighted by atomic mass is 16.3. The van der Waals surface area contributed by atoms with E-state index in [1.807, 2.05) is 12.3 Å². The van der Waals surface area contributed by atoms with Gasteiger partial charge in [-0.3, -0.25) is 0 Å². The summed E-state index contributed by atoms with van der Waals surface area (Å²) >= 11 is 0. The Kier molecular flexibility index (Phi) is 2.42. The highest BCUT2D eigenvalue weighted by Gasteiger charge is 2.20. The minimum Gasteiger partial charge on any atom is -0.464 e. The van der Waals surface area contributed by atoms with Crippen molar-refractivity contribution in [3.63, 3.8) is 0 Å². The van der Waals surface area contributed by atoms with Crippen LogP contribution in [0.5, 0.6) is 0 Å². The zero-order valence-electron chi connectivity index (χ0n) is 9.20. The van der Waals surface area contributed by atoms with Crippen molar-refractivity contribution >= 4 is 11.0 Å². The quantitative estimate of drug-likeness (QED) is 0.823. The van der Waals surface area contributed by atoms with Crippen molar-refractivity contribution in [3.05, 3.63) is 35.6 Å². The average molecular weight is 216 g/mol. The van der Waals surface area contributed by atoms with Crippen LogP contribution in [0.4, 0.5) is 0 Å². The second-order valence-corrected chi connectivity index (χ2v) is 4.45. The van der Waals surface area contributed by atoms with Crippen molar-refractivity contribution < 1.29 is 4.42 Å². The molecule has 0 radical (unpaired) electrons. The molecule has 1 aliphatic carbocycles. The van der Waals surface area contributed by atoms with Gasteiger partial charge in [-0.25, -0.2) is 0 Å². The Hall–Kier alpha value is -1.32. The van der Waals surface area contributed by atoms with Crippen LogP contribution in [0.25, 0.3) is 11.0 Å². The maximum atomic E-state index is 5.60. The van der Waals surface area contributed by atoms with E-state index in [9.17, 15) is 0 Å². The van der Waals surface area contributed by atoms with Crippen molar-refractivity contribution in [1.82, 2.24) is 5.32 Å². The van der Waals surface area contributed by atoms with Crippen LogP contribution in [0, 0.1) is 0 Å². The standard InChI is InChI=1S/C13H16N2O/c14-6-9-1-4-12-10(7-15-11-2-3-11)8-16-13(12)5-9/h1,4-5,8,11,15H,2-3,6-7,14H2. The lowest BCUT2D eigenvalue weighted by atomic mass is 10.1. The van der Waals surface area contributed by atoms with Crippen LogP contribution < -0.4 is 11.1 Å². The summed E-state index contributed by atoms with van der Waals surface area (Å²) in [5, 5.41) is 4.69. The number of nitrogens with two attached hydrogens (primary N) is 1. The number of hydrogen-bond donors (Lipinski definition) is 2. The van der Waals surface area contributed by atoms with E-state index < -0.39 is 0 Å². The van der Waals surface area contributed by atoms with E-state index in [4.69, 9.17) is 10.2 Å². The number of furan rings is 1. The summed E-state index contributed by atoms with van der Waals surface area (Å²) in [4.78, 5) is 0. The summed E-state index contributed by atoms with van der Waals surface area (Å²) in [5.74, 6) is 0. The molecule has 0 aliphatic heterocycles. The first-order chi connectivity index (χ1) is 7.86. The third kappa shape index (κ3) is 1.84. The van der Waals surface area contributed by atoms with Crippen molar-refractivity contribution in [1.29, 1.82) is 0 Å². The number of hydrogen-bond acceptors (Lipinski definition) is 3. The highest BCUT2D eigenvalue weighted by molar-refractivity contribution is 5.81. The maximum absolute atomic E-state index is 5.60. The lowest BCUT2D eigenvalue weighted by Gasteiger charge is -2.00. The summed E-state index contributed by atoms with van der Waals surface area (Å²) in [5.41, 5.74) is 8.90. The molecule has 0 bridgehead atoms. The molecule has 0 atom stereocenters. The summed E-state index contributed by atoms with van der Waals surface area (Å²) in [7, 11) is 0. The molecule has 1 fully saturated rings. The topological polar surface area (TPSA) is 51.2 Å². The lowest BCUT2D eigenvalue weighted by Crippen LogP contribution is -2.14. The fraction of sp³-hybridized carbons (Fsp3) is 0.385. The van der Waals surface area contributed by atoms with Crippen LogP contribution >= 0.6 is 0 Å². The van der Waals surface area contributed by atoms with Crippen molar-refractivity contribution in [2.24, 2.45) is 5.73 Å². The predicted octanol–water partition coefficient (Wildman–Crippen LogP) is 2.14. The first-order valence-electron chi connectivity index (χ1n) is 5.79. The zero-order valence-corrected chi connectivity index (χ0v) is 9.20. The Morgan fingerprint density at radius 1 is 1.38 bits per heavy atom. The van der Waals surface area contributed by atoms with Crippen LogP contribution in [0.15, 0.2) is 28.9 Å². The van der Waals surface area contributed by atoms with E-state index in [0.717, 1.165) is 23.7 Å². The van der Waals surface area contributed by atoms with Gasteiger partial charge in [-0.15, -0.1) is 0 Å². The molecule has 3 nitrogen and oxygen atoms in total. The van der Waals surface area contributed by atoms with Gasteiger partial charge in [0, 0.05) is 30.1 Å². The monoisotopic (exact) mass is 216 g/mol. The van der Waals surface area contributed by atoms with Crippen LogP contribution in [0.1, 0.15) is 24.0 Å². The van der Waals surface area contributed by atoms with Gasteiger partial charge >= 0.3 is 0 Å². The van der Waals surface area contributed by atoms with Gasteiger partial charge in [0.2, 0.25) is 0 Å². The Morgan fingerprint density at radius 2 is 2.25 bits per heavy atom. The second kappa shape index (κ2) is 3.92. The molecule has 3 rings (SSSR count). The molecule has 3 heteroatoms. The number of fused-ring (bicyclic) bond motifs is 1. The van der Waals surface area contributed by atoms with Gasteiger partial charge in [0.1, 0.15) is 5.58 Å². The molecule has 1 aromatic carbocycles. The van der Waals surface area contributed by atoms with Crippen LogP contribution in [-0.4, -0.2) is 6.04 Å². The fourth-order valence-electron chi connectivity index (χ4n) is 1.93. The Bertz CT molecular complexity index is 500. The third-order valence-electron chi connectivity index (χ3n) is 3.11. The van der Waals surface area contributed by atoms with Gasteiger partial charge in [0.25, 0.3) is 0 Å². The molecular weight excluding hydrogens is 200 g/mol. The molecule has 3 N–H and O–H groups in total. The molecule has 0 unspecified atom stereocenters. The van der Waals surface area contributed by atoms with E-state index in [1.165, 1.54) is 23.8 Å². The zero-order chi connectivity index (χ0) is 11.0. The van der Waals surface area contributed by atoms with Gasteiger partial charge in [-0.05, 0) is 24.5 Å². The van der Waals surface area contributed by atoms with Gasteiger partial charge in [-0.2, -0.15) is 0 Å². The maximum Gasteiger partial charge on any atom is 0.134 e. The molecule has 0 amide bonds. The highest BCUT2D eigenvalue weighted by Crippen LogP contribution is 2.24. The van der Waals surface area contributed by atoms with Crippen molar-refractivity contribution in [2.45, 2.75) is 32.0 Å². The number of benzene rings is 1. The van der Waals surface area contributed by atoms with E-state index in [2.05, 4.69) is 17.4 Å². The lowest BCUT2D eigenvalue weighted by molar-refractivity contribution is 0.601. The summed E-state index contributed by atoms with van der Waals surface area (Å²) in [6.07, 6.45) is 4.47. The molecule has 1 saturated carbocycles. The Morgan fingerprint density at radius 3 is 3.00 bits per heavy atom. The van der Waals surface area contributed by atoms with E-state index in [1.54, 1.807) is 0 Å². The first-order valence-corrected chi connectivity index (χ1v) is 5.79. The Balaban J connectivity index is 1.87. The van der Waals surface area contributed by atoms with Crippen molar-refractivity contribution in [2.75, 3.05) is 0 Å². The van der Waals surface area contributed by atoms with Gasteiger partial charge in [-0.1, -0.05) is 12.1 Å². The van der Waals surface area contributed by atoms with Gasteiger partial charge in [0.05, 0.1) is 6.26 Å². The van der Waals surface area contributed by atoms with Crippen LogP contribution in [0.3, 0.4) is 0 Å². The fourth-order valence-corrected chi connectivity index (χ4v) is 1.93. The van der Waals surface area contributed by atoms with Crippen LogP contribution in [-0.2, 0) is 13.1 Å². The summed E-state index contributed by atoms with van der Waals surface area (Å²) in [6.45, 7) is 1.46. The third-order valence-corrected chi connectivity index (χ3v) is 3.11. The molecular formula is C13H16N2O. The molecule has 0 spiro atoms. The van der Waals surface area contributed by atoms with Crippen LogP contribution in [0.2, 0.25) is 0 Å². The van der Waals surface area contributed by atoms with Gasteiger partial charge < -0.3 is 15.5 Å². The summed E-state index contributed by atoms with van der Waals surface area (Å²) < 4.78 is 5.55. The molecule has 2 aromatic rings. The molecule has 1 aromatic heterocycles. The molecule has 16 heavy (non-hydrogen) atoms. The number of rotatable bonds is 4. The molecule has 1 aliphatic rings. The second-order valence-electron chi connectivity index (χ2n) is 4.45. The largest absolute Gasteiger partial charge is 0.464 e. The van der Waals surface area contributed by atoms with E-state index >= 15 is 0 Å². The minimum absolute atomic E-state index is 0.562. The van der Waals surface area contributed by atoms with E-state index in [-0.39, 0.29) is 0 Å². The Labute approximate surface area is 94.6 Å². The van der Waals surface area contributed by atoms with E-state index in [0.29, 0.717) is 6.54 Å². The van der Waals surface area contributed by atoms with Crippen molar-refractivity contribution in [3.8, 4) is 0 Å². The molecule has 0 saturated heterocycles. The predicted molar refractivity (Wildman–Crippen MR) is 64.0 cm³/mol. The number of nitrogens with one attached hydrogen (secondary N) is 1.